The fraction of sp³-hybridized carbons (Fsp3) is 0.263. The first kappa shape index (κ1) is 20.9. The summed E-state index contributed by atoms with van der Waals surface area (Å²) < 4.78 is 15.5. The lowest BCUT2D eigenvalue weighted by Gasteiger charge is -2.13. The summed E-state index contributed by atoms with van der Waals surface area (Å²) in [6.45, 7) is 2.87. The Morgan fingerprint density at radius 3 is 2.30 bits per heavy atom. The largest absolute Gasteiger partial charge is 0.495 e. The van der Waals surface area contributed by atoms with Gasteiger partial charge in [-0.05, 0) is 55.3 Å². The fourth-order valence-corrected chi connectivity index (χ4v) is 2.91. The fourth-order valence-electron chi connectivity index (χ4n) is 2.41. The summed E-state index contributed by atoms with van der Waals surface area (Å²) in [4.78, 5) is 23.8. The zero-order valence-electron chi connectivity index (χ0n) is 15.1. The lowest BCUT2D eigenvalue weighted by molar-refractivity contribution is -0.149. The van der Waals surface area contributed by atoms with Crippen LogP contribution in [0.3, 0.4) is 0 Å². The van der Waals surface area contributed by atoms with Crippen molar-refractivity contribution < 1.29 is 23.8 Å². The third-order valence-electron chi connectivity index (χ3n) is 3.56. The number of rotatable bonds is 7. The average molecular weight is 412 g/mol. The van der Waals surface area contributed by atoms with E-state index in [9.17, 15) is 9.59 Å². The predicted molar refractivity (Wildman–Crippen MR) is 104 cm³/mol. The SMILES string of the molecule is COc1ccc(Cl)cc1NC(=O)COC(=O)COc1c(C)cc(Cl)cc1C. The quantitative estimate of drug-likeness (QED) is 0.691. The summed E-state index contributed by atoms with van der Waals surface area (Å²) in [6.07, 6.45) is 0. The molecule has 144 valence electrons. The van der Waals surface area contributed by atoms with Crippen LogP contribution in [0.1, 0.15) is 11.1 Å². The number of hydrogen-bond donors (Lipinski definition) is 1. The van der Waals surface area contributed by atoms with Crippen LogP contribution >= 0.6 is 23.2 Å². The van der Waals surface area contributed by atoms with Crippen molar-refractivity contribution in [3.05, 3.63) is 51.5 Å². The van der Waals surface area contributed by atoms with Crippen molar-refractivity contribution in [2.75, 3.05) is 25.6 Å². The highest BCUT2D eigenvalue weighted by atomic mass is 35.5. The topological polar surface area (TPSA) is 73.9 Å². The molecule has 0 saturated heterocycles. The van der Waals surface area contributed by atoms with E-state index in [1.807, 2.05) is 13.8 Å². The number of hydrogen-bond acceptors (Lipinski definition) is 5. The maximum Gasteiger partial charge on any atom is 0.344 e. The standard InChI is InChI=1S/C19H19Cl2NO5/c1-11-6-14(21)7-12(2)19(11)27-10-18(24)26-9-17(23)22-15-8-13(20)4-5-16(15)25-3/h4-8H,9-10H2,1-3H3,(H,22,23). The third-order valence-corrected chi connectivity index (χ3v) is 4.01. The minimum atomic E-state index is -0.669. The van der Waals surface area contributed by atoms with E-state index in [0.29, 0.717) is 27.2 Å². The van der Waals surface area contributed by atoms with Gasteiger partial charge in [0.05, 0.1) is 12.8 Å². The Labute approximate surface area is 167 Å². The molecule has 0 aromatic heterocycles. The number of anilines is 1. The summed E-state index contributed by atoms with van der Waals surface area (Å²) >= 11 is 11.9. The smallest absolute Gasteiger partial charge is 0.344 e. The van der Waals surface area contributed by atoms with E-state index in [1.54, 1.807) is 24.3 Å². The second-order valence-corrected chi connectivity index (χ2v) is 6.58. The molecule has 6 nitrogen and oxygen atoms in total. The van der Waals surface area contributed by atoms with Crippen LogP contribution in [0.5, 0.6) is 11.5 Å². The van der Waals surface area contributed by atoms with Crippen LogP contribution in [0, 0.1) is 13.8 Å². The maximum absolute atomic E-state index is 12.0. The molecular formula is C19H19Cl2NO5. The minimum absolute atomic E-state index is 0.322. The van der Waals surface area contributed by atoms with Crippen LogP contribution in [0.2, 0.25) is 10.0 Å². The number of ether oxygens (including phenoxy) is 3. The van der Waals surface area contributed by atoms with Crippen LogP contribution in [-0.4, -0.2) is 32.2 Å². The Hall–Kier alpha value is -2.44. The van der Waals surface area contributed by atoms with Crippen molar-refractivity contribution in [1.29, 1.82) is 0 Å². The molecular weight excluding hydrogens is 393 g/mol. The number of benzene rings is 2. The van der Waals surface area contributed by atoms with Gasteiger partial charge in [-0.2, -0.15) is 0 Å². The summed E-state index contributed by atoms with van der Waals surface area (Å²) in [5.74, 6) is -0.194. The molecule has 0 aliphatic rings. The molecule has 0 radical (unpaired) electrons. The van der Waals surface area contributed by atoms with Crippen molar-refractivity contribution >= 4 is 40.8 Å². The molecule has 0 aliphatic carbocycles. The number of carbonyl (C=O) groups excluding carboxylic acids is 2. The molecule has 0 aliphatic heterocycles. The number of carbonyl (C=O) groups is 2. The van der Waals surface area contributed by atoms with Crippen molar-refractivity contribution in [2.45, 2.75) is 13.8 Å². The second-order valence-electron chi connectivity index (χ2n) is 5.71. The second kappa shape index (κ2) is 9.48. The molecule has 8 heteroatoms. The van der Waals surface area contributed by atoms with Gasteiger partial charge in [-0.3, -0.25) is 4.79 Å². The first-order valence-corrected chi connectivity index (χ1v) is 8.74. The highest BCUT2D eigenvalue weighted by Gasteiger charge is 2.13. The monoisotopic (exact) mass is 411 g/mol. The van der Waals surface area contributed by atoms with Gasteiger partial charge in [0.2, 0.25) is 0 Å². The molecule has 27 heavy (non-hydrogen) atoms. The van der Waals surface area contributed by atoms with E-state index in [2.05, 4.69) is 5.32 Å². The molecule has 0 atom stereocenters. The Balaban J connectivity index is 1.85. The summed E-state index contributed by atoms with van der Waals surface area (Å²) in [5.41, 5.74) is 1.99. The zero-order chi connectivity index (χ0) is 20.0. The molecule has 0 spiro atoms. The van der Waals surface area contributed by atoms with Crippen LogP contribution in [-0.2, 0) is 14.3 Å². The molecule has 0 bridgehead atoms. The van der Waals surface area contributed by atoms with Crippen molar-refractivity contribution in [3.8, 4) is 11.5 Å². The number of aryl methyl sites for hydroxylation is 2. The van der Waals surface area contributed by atoms with Gasteiger partial charge in [-0.25, -0.2) is 4.79 Å². The first-order chi connectivity index (χ1) is 12.8. The van der Waals surface area contributed by atoms with E-state index in [1.165, 1.54) is 13.2 Å². The van der Waals surface area contributed by atoms with Crippen LogP contribution in [0.25, 0.3) is 0 Å². The Bertz CT molecular complexity index is 831. The number of amides is 1. The van der Waals surface area contributed by atoms with Gasteiger partial charge in [-0.1, -0.05) is 23.2 Å². The van der Waals surface area contributed by atoms with Crippen LogP contribution in [0.4, 0.5) is 5.69 Å². The summed E-state index contributed by atoms with van der Waals surface area (Å²) in [5, 5.41) is 3.60. The Morgan fingerprint density at radius 1 is 1.00 bits per heavy atom. The van der Waals surface area contributed by atoms with Gasteiger partial charge in [0.1, 0.15) is 11.5 Å². The first-order valence-electron chi connectivity index (χ1n) is 7.98. The summed E-state index contributed by atoms with van der Waals surface area (Å²) in [7, 11) is 1.47. The maximum atomic E-state index is 12.0. The van der Waals surface area contributed by atoms with Gasteiger partial charge in [0.15, 0.2) is 13.2 Å². The van der Waals surface area contributed by atoms with Gasteiger partial charge < -0.3 is 19.5 Å². The van der Waals surface area contributed by atoms with Gasteiger partial charge in [-0.15, -0.1) is 0 Å². The molecule has 2 aromatic carbocycles. The van der Waals surface area contributed by atoms with Crippen molar-refractivity contribution in [3.63, 3.8) is 0 Å². The van der Waals surface area contributed by atoms with Crippen LogP contribution in [0.15, 0.2) is 30.3 Å². The number of halogens is 2. The average Bonchev–Trinajstić information content (AvgIpc) is 2.59. The highest BCUT2D eigenvalue weighted by Crippen LogP contribution is 2.28. The van der Waals surface area contributed by atoms with Crippen LogP contribution < -0.4 is 14.8 Å². The lowest BCUT2D eigenvalue weighted by atomic mass is 10.1. The van der Waals surface area contributed by atoms with E-state index in [0.717, 1.165) is 11.1 Å². The molecule has 0 fully saturated rings. The highest BCUT2D eigenvalue weighted by molar-refractivity contribution is 6.31. The predicted octanol–water partition coefficient (Wildman–Crippen LogP) is 4.18. The van der Waals surface area contributed by atoms with Crippen molar-refractivity contribution in [2.24, 2.45) is 0 Å². The number of methoxy groups -OCH3 is 1. The number of nitrogens with one attached hydrogen (secondary N) is 1. The molecule has 1 N–H and O–H groups in total. The normalized spacial score (nSPS) is 10.3. The molecule has 1 amide bonds. The van der Waals surface area contributed by atoms with E-state index < -0.39 is 18.5 Å². The lowest BCUT2D eigenvalue weighted by Crippen LogP contribution is -2.24. The molecule has 0 unspecified atom stereocenters. The van der Waals surface area contributed by atoms with Crippen molar-refractivity contribution in [1.82, 2.24) is 0 Å². The van der Waals surface area contributed by atoms with Gasteiger partial charge in [0, 0.05) is 10.0 Å². The van der Waals surface area contributed by atoms with Gasteiger partial charge in [0.25, 0.3) is 5.91 Å². The van der Waals surface area contributed by atoms with Gasteiger partial charge >= 0.3 is 5.97 Å². The molecule has 2 rings (SSSR count). The third kappa shape index (κ3) is 6.05. The Morgan fingerprint density at radius 2 is 1.67 bits per heavy atom. The molecule has 2 aromatic rings. The summed E-state index contributed by atoms with van der Waals surface area (Å²) in [6, 6.07) is 8.26. The zero-order valence-corrected chi connectivity index (χ0v) is 16.6. The van der Waals surface area contributed by atoms with E-state index in [-0.39, 0.29) is 6.61 Å². The molecule has 0 heterocycles. The number of esters is 1. The Kier molecular flexibility index (Phi) is 7.33. The molecule has 0 saturated carbocycles. The van der Waals surface area contributed by atoms with E-state index in [4.69, 9.17) is 37.4 Å². The minimum Gasteiger partial charge on any atom is -0.495 e. The van der Waals surface area contributed by atoms with E-state index >= 15 is 0 Å².